The lowest BCUT2D eigenvalue weighted by molar-refractivity contribution is 0.103. The van der Waals surface area contributed by atoms with Crippen molar-refractivity contribution in [2.45, 2.75) is 12.1 Å². The molecule has 2 N–H and O–H groups in total. The third-order valence-corrected chi connectivity index (χ3v) is 3.73. The Labute approximate surface area is 141 Å². The first kappa shape index (κ1) is 16.9. The van der Waals surface area contributed by atoms with Crippen molar-refractivity contribution in [3.8, 4) is 6.07 Å². The van der Waals surface area contributed by atoms with Crippen molar-refractivity contribution in [1.29, 1.82) is 5.26 Å². The number of rotatable bonds is 4. The average Bonchev–Trinajstić information content (AvgIpc) is 3.00. The molecule has 0 atom stereocenters. The van der Waals surface area contributed by atoms with Crippen LogP contribution >= 0.6 is 0 Å². The molecule has 0 radical (unpaired) electrons. The van der Waals surface area contributed by atoms with Gasteiger partial charge in [-0.15, -0.1) is 0 Å². The number of nitrogens with one attached hydrogen (secondary N) is 2. The zero-order valence-electron chi connectivity index (χ0n) is 13.5. The van der Waals surface area contributed by atoms with Crippen molar-refractivity contribution >= 4 is 11.6 Å². The molecule has 0 aliphatic carbocycles. The van der Waals surface area contributed by atoms with Gasteiger partial charge in [0.05, 0.1) is 70.5 Å². The van der Waals surface area contributed by atoms with E-state index in [9.17, 15) is 5.26 Å². The van der Waals surface area contributed by atoms with Crippen LogP contribution in [0.2, 0.25) is 0 Å². The van der Waals surface area contributed by atoms with Crippen molar-refractivity contribution in [3.05, 3.63) is 17.7 Å². The molecule has 0 bridgehead atoms. The van der Waals surface area contributed by atoms with Gasteiger partial charge in [0.2, 0.25) is 0 Å². The summed E-state index contributed by atoms with van der Waals surface area (Å²) in [6.07, 6.45) is 0. The number of nitriles is 1. The fraction of sp³-hybridized carbons (Fsp3) is 0.625. The van der Waals surface area contributed by atoms with Gasteiger partial charge in [0.1, 0.15) is 17.7 Å². The standard InChI is InChI=1S/C16H22N4O4/c17-7-12-1-2-15(18-13-8-21-3-4-22-9-13)20-16(12)19-14-10-23-5-6-24-11-14/h1-2,13-14H,3-6,8-11H2,(H2,18,19,20). The van der Waals surface area contributed by atoms with E-state index in [0.717, 1.165) is 0 Å². The number of aromatic nitrogens is 1. The predicted molar refractivity (Wildman–Crippen MR) is 87.0 cm³/mol. The summed E-state index contributed by atoms with van der Waals surface area (Å²) in [6, 6.07) is 5.69. The molecule has 130 valence electrons. The van der Waals surface area contributed by atoms with Gasteiger partial charge in [-0.1, -0.05) is 0 Å². The van der Waals surface area contributed by atoms with Crippen LogP contribution < -0.4 is 10.6 Å². The number of ether oxygens (including phenoxy) is 4. The first-order chi connectivity index (χ1) is 11.8. The van der Waals surface area contributed by atoms with E-state index in [1.807, 2.05) is 0 Å². The van der Waals surface area contributed by atoms with Crippen LogP contribution in [0.25, 0.3) is 0 Å². The Morgan fingerprint density at radius 2 is 1.42 bits per heavy atom. The molecule has 8 nitrogen and oxygen atoms in total. The summed E-state index contributed by atoms with van der Waals surface area (Å²) in [4.78, 5) is 4.53. The largest absolute Gasteiger partial charge is 0.377 e. The zero-order valence-corrected chi connectivity index (χ0v) is 13.5. The molecule has 0 amide bonds. The second-order valence-electron chi connectivity index (χ2n) is 5.69. The van der Waals surface area contributed by atoms with Crippen LogP contribution in [0.15, 0.2) is 12.1 Å². The molecule has 0 saturated carbocycles. The molecule has 3 heterocycles. The molecule has 8 heteroatoms. The maximum Gasteiger partial charge on any atom is 0.146 e. The van der Waals surface area contributed by atoms with E-state index in [2.05, 4.69) is 21.7 Å². The summed E-state index contributed by atoms with van der Waals surface area (Å²) < 4.78 is 21.9. The molecule has 0 spiro atoms. The van der Waals surface area contributed by atoms with E-state index < -0.39 is 0 Å². The minimum Gasteiger partial charge on any atom is -0.377 e. The van der Waals surface area contributed by atoms with Crippen molar-refractivity contribution < 1.29 is 18.9 Å². The zero-order chi connectivity index (χ0) is 16.6. The number of hydrogen-bond donors (Lipinski definition) is 2. The Hall–Kier alpha value is -1.92. The van der Waals surface area contributed by atoms with Gasteiger partial charge in [-0.2, -0.15) is 5.26 Å². The van der Waals surface area contributed by atoms with Crippen LogP contribution in [0.3, 0.4) is 0 Å². The van der Waals surface area contributed by atoms with Gasteiger partial charge in [-0.3, -0.25) is 0 Å². The summed E-state index contributed by atoms with van der Waals surface area (Å²) in [5.74, 6) is 1.20. The molecule has 2 saturated heterocycles. The van der Waals surface area contributed by atoms with Crippen LogP contribution in [0, 0.1) is 11.3 Å². The second-order valence-corrected chi connectivity index (χ2v) is 5.69. The Morgan fingerprint density at radius 1 is 0.875 bits per heavy atom. The van der Waals surface area contributed by atoms with E-state index in [-0.39, 0.29) is 12.1 Å². The monoisotopic (exact) mass is 334 g/mol. The van der Waals surface area contributed by atoms with Gasteiger partial charge in [-0.05, 0) is 12.1 Å². The van der Waals surface area contributed by atoms with E-state index >= 15 is 0 Å². The minimum absolute atomic E-state index is 0.0327. The third-order valence-electron chi connectivity index (χ3n) is 3.73. The van der Waals surface area contributed by atoms with Crippen molar-refractivity contribution in [2.24, 2.45) is 0 Å². The van der Waals surface area contributed by atoms with E-state index in [0.29, 0.717) is 70.1 Å². The fourth-order valence-electron chi connectivity index (χ4n) is 2.54. The molecule has 2 fully saturated rings. The van der Waals surface area contributed by atoms with E-state index in [4.69, 9.17) is 18.9 Å². The first-order valence-electron chi connectivity index (χ1n) is 8.10. The molecule has 3 rings (SSSR count). The molecule has 0 unspecified atom stereocenters. The molecule has 2 aliphatic rings. The third kappa shape index (κ3) is 4.79. The maximum atomic E-state index is 9.30. The highest BCUT2D eigenvalue weighted by Crippen LogP contribution is 2.18. The molecule has 1 aromatic heterocycles. The second kappa shape index (κ2) is 8.80. The Bertz CT molecular complexity index is 562. The van der Waals surface area contributed by atoms with Crippen LogP contribution in [0.4, 0.5) is 11.6 Å². The van der Waals surface area contributed by atoms with E-state index in [1.165, 1.54) is 0 Å². The summed E-state index contributed by atoms with van der Waals surface area (Å²) in [5.41, 5.74) is 0.484. The van der Waals surface area contributed by atoms with Crippen LogP contribution in [0.1, 0.15) is 5.56 Å². The first-order valence-corrected chi connectivity index (χ1v) is 8.10. The summed E-state index contributed by atoms with van der Waals surface area (Å²) >= 11 is 0. The van der Waals surface area contributed by atoms with Gasteiger partial charge in [0, 0.05) is 0 Å². The van der Waals surface area contributed by atoms with Gasteiger partial charge in [0.15, 0.2) is 0 Å². The Morgan fingerprint density at radius 3 is 1.96 bits per heavy atom. The highest BCUT2D eigenvalue weighted by atomic mass is 16.5. The molecular weight excluding hydrogens is 312 g/mol. The lowest BCUT2D eigenvalue weighted by atomic mass is 10.2. The minimum atomic E-state index is -0.0353. The highest BCUT2D eigenvalue weighted by Gasteiger charge is 2.17. The summed E-state index contributed by atoms with van der Waals surface area (Å²) in [5, 5.41) is 15.8. The highest BCUT2D eigenvalue weighted by molar-refractivity contribution is 5.57. The molecule has 0 aromatic carbocycles. The van der Waals surface area contributed by atoms with Gasteiger partial charge >= 0.3 is 0 Å². The van der Waals surface area contributed by atoms with Crippen molar-refractivity contribution in [2.75, 3.05) is 63.5 Å². The van der Waals surface area contributed by atoms with Gasteiger partial charge < -0.3 is 29.6 Å². The van der Waals surface area contributed by atoms with Gasteiger partial charge in [0.25, 0.3) is 0 Å². The molecule has 24 heavy (non-hydrogen) atoms. The van der Waals surface area contributed by atoms with Crippen molar-refractivity contribution in [3.63, 3.8) is 0 Å². The van der Waals surface area contributed by atoms with E-state index in [1.54, 1.807) is 12.1 Å². The molecular formula is C16H22N4O4. The number of pyridine rings is 1. The predicted octanol–water partition coefficient (Wildman–Crippen LogP) is 0.608. The van der Waals surface area contributed by atoms with Crippen LogP contribution in [-0.4, -0.2) is 69.9 Å². The summed E-state index contributed by atoms with van der Waals surface area (Å²) in [6.45, 7) is 4.55. The molecule has 1 aromatic rings. The topological polar surface area (TPSA) is 97.7 Å². The lowest BCUT2D eigenvalue weighted by Gasteiger charge is -2.19. The SMILES string of the molecule is N#Cc1ccc(NC2COCCOC2)nc1NC1COCCOC1. The number of hydrogen-bond acceptors (Lipinski definition) is 8. The van der Waals surface area contributed by atoms with Crippen molar-refractivity contribution in [1.82, 2.24) is 4.98 Å². The van der Waals surface area contributed by atoms with Crippen LogP contribution in [-0.2, 0) is 18.9 Å². The number of nitrogens with zero attached hydrogens (tertiary/aromatic N) is 2. The van der Waals surface area contributed by atoms with Gasteiger partial charge in [-0.25, -0.2) is 4.98 Å². The fourth-order valence-corrected chi connectivity index (χ4v) is 2.54. The Balaban J connectivity index is 1.68. The van der Waals surface area contributed by atoms with Crippen LogP contribution in [0.5, 0.6) is 0 Å². The Kier molecular flexibility index (Phi) is 6.20. The number of anilines is 2. The quantitative estimate of drug-likeness (QED) is 0.826. The summed E-state index contributed by atoms with van der Waals surface area (Å²) in [7, 11) is 0. The average molecular weight is 334 g/mol. The normalized spacial score (nSPS) is 20.6. The maximum absolute atomic E-state index is 9.30. The lowest BCUT2D eigenvalue weighted by Crippen LogP contribution is -2.31. The molecule has 2 aliphatic heterocycles. The smallest absolute Gasteiger partial charge is 0.146 e.